The van der Waals surface area contributed by atoms with E-state index in [2.05, 4.69) is 47.2 Å². The van der Waals surface area contributed by atoms with E-state index in [1.54, 1.807) is 15.9 Å². The van der Waals surface area contributed by atoms with E-state index < -0.39 is 0 Å². The Morgan fingerprint density at radius 2 is 2.12 bits per heavy atom. The van der Waals surface area contributed by atoms with Gasteiger partial charge in [0.1, 0.15) is 6.33 Å². The molecule has 3 heterocycles. The minimum Gasteiger partial charge on any atom is -0.348 e. The summed E-state index contributed by atoms with van der Waals surface area (Å²) in [7, 11) is 0. The summed E-state index contributed by atoms with van der Waals surface area (Å²) in [6.45, 7) is 10.4. The number of thiophene rings is 1. The molecule has 0 aliphatic rings. The van der Waals surface area contributed by atoms with Crippen LogP contribution in [0.15, 0.2) is 23.8 Å². The Balaban J connectivity index is 1.73. The fourth-order valence-corrected chi connectivity index (χ4v) is 4.18. The number of nitrogens with one attached hydrogen (secondary N) is 1. The monoisotopic (exact) mass is 371 g/mol. The quantitative estimate of drug-likeness (QED) is 0.743. The molecule has 26 heavy (non-hydrogen) atoms. The molecule has 3 aromatic rings. The minimum absolute atomic E-state index is 0.00751. The van der Waals surface area contributed by atoms with Crippen molar-refractivity contribution >= 4 is 23.0 Å². The lowest BCUT2D eigenvalue weighted by molar-refractivity contribution is -0.122. The zero-order valence-corrected chi connectivity index (χ0v) is 16.7. The van der Waals surface area contributed by atoms with Crippen LogP contribution in [0, 0.1) is 19.3 Å². The summed E-state index contributed by atoms with van der Waals surface area (Å²) < 4.78 is 1.73. The highest BCUT2D eigenvalue weighted by Crippen LogP contribution is 2.35. The van der Waals surface area contributed by atoms with Crippen LogP contribution in [0.4, 0.5) is 0 Å². The fourth-order valence-electron chi connectivity index (χ4n) is 3.16. The maximum atomic E-state index is 12.6. The minimum atomic E-state index is -0.0481. The van der Waals surface area contributed by atoms with Gasteiger partial charge in [0.25, 0.3) is 5.78 Å². The molecule has 0 saturated heterocycles. The van der Waals surface area contributed by atoms with E-state index in [-0.39, 0.29) is 17.4 Å². The van der Waals surface area contributed by atoms with E-state index in [1.807, 2.05) is 25.3 Å². The average Bonchev–Trinajstić information content (AvgIpc) is 3.22. The Morgan fingerprint density at radius 1 is 1.35 bits per heavy atom. The molecule has 0 fully saturated rings. The first-order valence-corrected chi connectivity index (χ1v) is 9.64. The van der Waals surface area contributed by atoms with E-state index in [4.69, 9.17) is 0 Å². The molecule has 1 N–H and O–H groups in total. The van der Waals surface area contributed by atoms with Crippen LogP contribution in [0.25, 0.3) is 5.78 Å². The number of fused-ring (bicyclic) bond motifs is 1. The highest BCUT2D eigenvalue weighted by molar-refractivity contribution is 7.10. The van der Waals surface area contributed by atoms with E-state index in [0.29, 0.717) is 18.6 Å². The van der Waals surface area contributed by atoms with Gasteiger partial charge in [-0.25, -0.2) is 9.50 Å². The van der Waals surface area contributed by atoms with Crippen LogP contribution < -0.4 is 5.32 Å². The molecule has 0 aliphatic heterocycles. The van der Waals surface area contributed by atoms with Crippen molar-refractivity contribution < 1.29 is 4.79 Å². The normalized spacial score (nSPS) is 13.1. The van der Waals surface area contributed by atoms with Gasteiger partial charge < -0.3 is 5.32 Å². The molecule has 1 unspecified atom stereocenters. The van der Waals surface area contributed by atoms with Crippen molar-refractivity contribution in [3.63, 3.8) is 0 Å². The molecule has 0 spiro atoms. The van der Waals surface area contributed by atoms with Crippen molar-refractivity contribution in [3.05, 3.63) is 45.7 Å². The molecule has 3 rings (SSSR count). The molecule has 7 heteroatoms. The fraction of sp³-hybridized carbons (Fsp3) is 0.474. The van der Waals surface area contributed by atoms with E-state index >= 15 is 0 Å². The van der Waals surface area contributed by atoms with Gasteiger partial charge in [0.15, 0.2) is 0 Å². The number of aromatic nitrogens is 4. The third kappa shape index (κ3) is 3.77. The lowest BCUT2D eigenvalue weighted by Gasteiger charge is -2.31. The molecule has 0 bridgehead atoms. The molecule has 0 aromatic carbocycles. The number of carbonyl (C=O) groups is 1. The zero-order valence-electron chi connectivity index (χ0n) is 15.9. The number of nitrogens with zero attached hydrogens (tertiary/aromatic N) is 4. The second-order valence-corrected chi connectivity index (χ2v) is 8.59. The van der Waals surface area contributed by atoms with Crippen molar-refractivity contribution in [2.75, 3.05) is 0 Å². The number of hydrogen-bond donors (Lipinski definition) is 1. The number of hydrogen-bond acceptors (Lipinski definition) is 5. The summed E-state index contributed by atoms with van der Waals surface area (Å²) >= 11 is 1.68. The Kier molecular flexibility index (Phi) is 5.09. The summed E-state index contributed by atoms with van der Waals surface area (Å²) in [5.41, 5.74) is 2.90. The lowest BCUT2D eigenvalue weighted by atomic mass is 9.85. The third-order valence-corrected chi connectivity index (χ3v) is 5.53. The topological polar surface area (TPSA) is 72.2 Å². The van der Waals surface area contributed by atoms with E-state index in [1.165, 1.54) is 11.2 Å². The van der Waals surface area contributed by atoms with Crippen LogP contribution in [-0.4, -0.2) is 25.5 Å². The summed E-state index contributed by atoms with van der Waals surface area (Å²) in [6.07, 6.45) is 2.55. The number of rotatable bonds is 5. The smallest absolute Gasteiger partial charge is 0.252 e. The Morgan fingerprint density at radius 3 is 2.77 bits per heavy atom. The summed E-state index contributed by atoms with van der Waals surface area (Å²) in [5.74, 6) is 0.648. The van der Waals surface area contributed by atoms with Gasteiger partial charge in [0.05, 0.1) is 6.04 Å². The first-order chi connectivity index (χ1) is 12.3. The van der Waals surface area contributed by atoms with Crippen LogP contribution in [-0.2, 0) is 11.2 Å². The summed E-state index contributed by atoms with van der Waals surface area (Å²) in [4.78, 5) is 22.4. The third-order valence-electron chi connectivity index (χ3n) is 4.59. The highest BCUT2D eigenvalue weighted by atomic mass is 32.1. The van der Waals surface area contributed by atoms with Crippen molar-refractivity contribution in [2.45, 2.75) is 53.5 Å². The van der Waals surface area contributed by atoms with Gasteiger partial charge in [0, 0.05) is 22.7 Å². The molecule has 138 valence electrons. The molecule has 0 aliphatic carbocycles. The molecular formula is C19H25N5OS. The van der Waals surface area contributed by atoms with Crippen LogP contribution in [0.5, 0.6) is 0 Å². The summed E-state index contributed by atoms with van der Waals surface area (Å²) in [5, 5.41) is 9.47. The second-order valence-electron chi connectivity index (χ2n) is 7.61. The first kappa shape index (κ1) is 18.5. The summed E-state index contributed by atoms with van der Waals surface area (Å²) in [6, 6.07) is 4.11. The molecule has 6 nitrogen and oxygen atoms in total. The van der Waals surface area contributed by atoms with Gasteiger partial charge in [-0.15, -0.1) is 11.3 Å². The predicted octanol–water partition coefficient (Wildman–Crippen LogP) is 3.64. The molecule has 0 saturated carbocycles. The Labute approximate surface area is 157 Å². The van der Waals surface area contributed by atoms with E-state index in [9.17, 15) is 4.79 Å². The van der Waals surface area contributed by atoms with Crippen molar-refractivity contribution in [3.8, 4) is 0 Å². The predicted molar refractivity (Wildman–Crippen MR) is 103 cm³/mol. The maximum absolute atomic E-state index is 12.6. The van der Waals surface area contributed by atoms with Crippen molar-refractivity contribution in [1.82, 2.24) is 24.9 Å². The van der Waals surface area contributed by atoms with E-state index in [0.717, 1.165) is 17.0 Å². The molecule has 3 aromatic heterocycles. The SMILES string of the molecule is Cc1nc2ncnn2c(C)c1CCC(=O)NC(c1cccs1)C(C)(C)C. The number of carbonyl (C=O) groups excluding carboxylic acids is 1. The Bertz CT molecular complexity index is 908. The van der Waals surface area contributed by atoms with Crippen LogP contribution in [0.2, 0.25) is 0 Å². The molecule has 0 radical (unpaired) electrons. The average molecular weight is 372 g/mol. The largest absolute Gasteiger partial charge is 0.348 e. The maximum Gasteiger partial charge on any atom is 0.252 e. The lowest BCUT2D eigenvalue weighted by Crippen LogP contribution is -2.36. The van der Waals surface area contributed by atoms with Gasteiger partial charge >= 0.3 is 0 Å². The van der Waals surface area contributed by atoms with Crippen LogP contribution in [0.3, 0.4) is 0 Å². The van der Waals surface area contributed by atoms with Crippen molar-refractivity contribution in [2.24, 2.45) is 5.41 Å². The first-order valence-electron chi connectivity index (χ1n) is 8.76. The molecular weight excluding hydrogens is 346 g/mol. The molecule has 1 atom stereocenters. The number of aryl methyl sites for hydroxylation is 2. The van der Waals surface area contributed by atoms with Gasteiger partial charge in [-0.1, -0.05) is 26.8 Å². The zero-order chi connectivity index (χ0) is 18.9. The standard InChI is InChI=1S/C19H25N5OS/c1-12-14(13(2)24-18(22-12)20-11-21-24)8-9-16(25)23-17(19(3,4)5)15-7-6-10-26-15/h6-7,10-11,17H,8-9H2,1-5H3,(H,23,25). The Hall–Kier alpha value is -2.28. The van der Waals surface area contributed by atoms with Gasteiger partial charge in [-0.2, -0.15) is 10.1 Å². The van der Waals surface area contributed by atoms with Gasteiger partial charge in [-0.3, -0.25) is 4.79 Å². The van der Waals surface area contributed by atoms with Gasteiger partial charge in [0.2, 0.25) is 5.91 Å². The second kappa shape index (κ2) is 7.15. The number of amides is 1. The van der Waals surface area contributed by atoms with Crippen LogP contribution >= 0.6 is 11.3 Å². The highest BCUT2D eigenvalue weighted by Gasteiger charge is 2.28. The van der Waals surface area contributed by atoms with Crippen LogP contribution in [0.1, 0.15) is 55.1 Å². The van der Waals surface area contributed by atoms with Crippen molar-refractivity contribution in [1.29, 1.82) is 0 Å². The molecule has 1 amide bonds. The van der Waals surface area contributed by atoms with Gasteiger partial charge in [-0.05, 0) is 42.7 Å².